The van der Waals surface area contributed by atoms with Crippen LogP contribution >= 0.6 is 0 Å². The fraction of sp³-hybridized carbons (Fsp3) is 0.348. The molecule has 0 aliphatic rings. The molecule has 1 heterocycles. The SMILES string of the molecule is CC=CC(=CC)c1ccc(C(C)(CC)CC)c(-c2ccccn2)c1. The van der Waals surface area contributed by atoms with Gasteiger partial charge in [0.05, 0.1) is 5.69 Å². The van der Waals surface area contributed by atoms with E-state index in [9.17, 15) is 0 Å². The van der Waals surface area contributed by atoms with Crippen LogP contribution in [0.1, 0.15) is 58.6 Å². The average Bonchev–Trinajstić information content (AvgIpc) is 2.65. The van der Waals surface area contributed by atoms with Crippen molar-refractivity contribution in [2.75, 3.05) is 0 Å². The summed E-state index contributed by atoms with van der Waals surface area (Å²) in [6.45, 7) is 11.1. The molecule has 0 amide bonds. The van der Waals surface area contributed by atoms with Crippen molar-refractivity contribution in [3.05, 3.63) is 72.0 Å². The van der Waals surface area contributed by atoms with Gasteiger partial charge in [-0.25, -0.2) is 0 Å². The highest BCUT2D eigenvalue weighted by Gasteiger charge is 2.26. The van der Waals surface area contributed by atoms with Crippen LogP contribution in [0.5, 0.6) is 0 Å². The van der Waals surface area contributed by atoms with E-state index in [1.165, 1.54) is 22.3 Å². The van der Waals surface area contributed by atoms with E-state index >= 15 is 0 Å². The van der Waals surface area contributed by atoms with E-state index in [0.717, 1.165) is 18.5 Å². The fourth-order valence-corrected chi connectivity index (χ4v) is 3.15. The van der Waals surface area contributed by atoms with Crippen LogP contribution in [0.25, 0.3) is 16.8 Å². The lowest BCUT2D eigenvalue weighted by Crippen LogP contribution is -2.20. The molecule has 0 atom stereocenters. The largest absolute Gasteiger partial charge is 0.256 e. The third kappa shape index (κ3) is 3.67. The van der Waals surface area contributed by atoms with Gasteiger partial charge >= 0.3 is 0 Å². The summed E-state index contributed by atoms with van der Waals surface area (Å²) >= 11 is 0. The van der Waals surface area contributed by atoms with Crippen LogP contribution in [0.4, 0.5) is 0 Å². The van der Waals surface area contributed by atoms with Crippen LogP contribution in [0, 0.1) is 0 Å². The van der Waals surface area contributed by atoms with Gasteiger partial charge in [-0.15, -0.1) is 0 Å². The summed E-state index contributed by atoms with van der Waals surface area (Å²) in [6, 6.07) is 13.0. The molecular formula is C23H29N. The van der Waals surface area contributed by atoms with E-state index in [1.807, 2.05) is 12.3 Å². The Kier molecular flexibility index (Phi) is 6.14. The molecule has 2 aromatic rings. The van der Waals surface area contributed by atoms with Gasteiger partial charge < -0.3 is 0 Å². The molecular weight excluding hydrogens is 290 g/mol. The Hall–Kier alpha value is -2.15. The number of pyridine rings is 1. The number of rotatable bonds is 6. The first-order valence-electron chi connectivity index (χ1n) is 8.95. The smallest absolute Gasteiger partial charge is 0.0705 e. The predicted molar refractivity (Wildman–Crippen MR) is 106 cm³/mol. The Balaban J connectivity index is 2.70. The molecule has 2 rings (SSSR count). The van der Waals surface area contributed by atoms with Crippen LogP contribution < -0.4 is 0 Å². The molecule has 0 unspecified atom stereocenters. The first-order chi connectivity index (χ1) is 11.6. The molecule has 0 aliphatic carbocycles. The van der Waals surface area contributed by atoms with Crippen LogP contribution in [0.3, 0.4) is 0 Å². The van der Waals surface area contributed by atoms with Crippen molar-refractivity contribution < 1.29 is 0 Å². The zero-order chi connectivity index (χ0) is 17.6. The second-order valence-corrected chi connectivity index (χ2v) is 6.49. The van der Waals surface area contributed by atoms with Gasteiger partial charge in [0.2, 0.25) is 0 Å². The van der Waals surface area contributed by atoms with Gasteiger partial charge in [-0.1, -0.05) is 57.2 Å². The summed E-state index contributed by atoms with van der Waals surface area (Å²) < 4.78 is 0. The number of allylic oxidation sites excluding steroid dienone is 4. The molecule has 0 N–H and O–H groups in total. The van der Waals surface area contributed by atoms with Gasteiger partial charge in [-0.3, -0.25) is 4.98 Å². The maximum atomic E-state index is 4.63. The fourth-order valence-electron chi connectivity index (χ4n) is 3.15. The van der Waals surface area contributed by atoms with Gasteiger partial charge in [0, 0.05) is 11.8 Å². The van der Waals surface area contributed by atoms with Crippen molar-refractivity contribution in [1.29, 1.82) is 0 Å². The molecule has 0 saturated heterocycles. The molecule has 0 bridgehead atoms. The second kappa shape index (κ2) is 8.10. The molecule has 1 heteroatoms. The minimum Gasteiger partial charge on any atom is -0.256 e. The van der Waals surface area contributed by atoms with Crippen molar-refractivity contribution in [2.45, 2.75) is 52.9 Å². The molecule has 1 aromatic carbocycles. The lowest BCUT2D eigenvalue weighted by molar-refractivity contribution is 0.440. The lowest BCUT2D eigenvalue weighted by Gasteiger charge is -2.30. The number of nitrogens with zero attached hydrogens (tertiary/aromatic N) is 1. The summed E-state index contributed by atoms with van der Waals surface area (Å²) in [5.74, 6) is 0. The summed E-state index contributed by atoms with van der Waals surface area (Å²) in [5, 5.41) is 0. The van der Waals surface area contributed by atoms with Crippen molar-refractivity contribution in [1.82, 2.24) is 4.98 Å². The molecule has 0 spiro atoms. The highest BCUT2D eigenvalue weighted by atomic mass is 14.7. The van der Waals surface area contributed by atoms with Crippen molar-refractivity contribution in [2.24, 2.45) is 0 Å². The average molecular weight is 319 g/mol. The summed E-state index contributed by atoms with van der Waals surface area (Å²) in [6.07, 6.45) is 10.5. The third-order valence-electron chi connectivity index (χ3n) is 5.16. The zero-order valence-corrected chi connectivity index (χ0v) is 15.6. The Morgan fingerprint density at radius 3 is 2.38 bits per heavy atom. The minimum atomic E-state index is 0.169. The maximum Gasteiger partial charge on any atom is 0.0705 e. The van der Waals surface area contributed by atoms with Crippen LogP contribution in [-0.2, 0) is 5.41 Å². The van der Waals surface area contributed by atoms with E-state index in [-0.39, 0.29) is 5.41 Å². The van der Waals surface area contributed by atoms with Gasteiger partial charge in [0.1, 0.15) is 0 Å². The zero-order valence-electron chi connectivity index (χ0n) is 15.6. The Labute approximate surface area is 147 Å². The number of hydrogen-bond donors (Lipinski definition) is 0. The minimum absolute atomic E-state index is 0.169. The summed E-state index contributed by atoms with van der Waals surface area (Å²) in [7, 11) is 0. The molecule has 1 nitrogen and oxygen atoms in total. The quantitative estimate of drug-likeness (QED) is 0.533. The molecule has 0 saturated carbocycles. The topological polar surface area (TPSA) is 12.9 Å². The van der Waals surface area contributed by atoms with Crippen LogP contribution in [-0.4, -0.2) is 4.98 Å². The second-order valence-electron chi connectivity index (χ2n) is 6.49. The molecule has 1 aromatic heterocycles. The standard InChI is InChI=1S/C23H29N/c1-6-12-18(7-2)19-14-15-21(23(5,8-3)9-4)20(17-19)22-13-10-11-16-24-22/h6-7,10-17H,8-9H2,1-5H3. The monoisotopic (exact) mass is 319 g/mol. The third-order valence-corrected chi connectivity index (χ3v) is 5.16. The highest BCUT2D eigenvalue weighted by Crippen LogP contribution is 2.38. The van der Waals surface area contributed by atoms with Gasteiger partial charge in [-0.05, 0) is 67.0 Å². The van der Waals surface area contributed by atoms with Crippen LogP contribution in [0.15, 0.2) is 60.8 Å². The maximum absolute atomic E-state index is 4.63. The first-order valence-corrected chi connectivity index (χ1v) is 8.95. The Morgan fingerprint density at radius 2 is 1.83 bits per heavy atom. The Morgan fingerprint density at radius 1 is 1.08 bits per heavy atom. The van der Waals surface area contributed by atoms with E-state index < -0.39 is 0 Å². The van der Waals surface area contributed by atoms with Crippen molar-refractivity contribution >= 4 is 5.57 Å². The van der Waals surface area contributed by atoms with Crippen molar-refractivity contribution in [3.8, 4) is 11.3 Å². The summed E-state index contributed by atoms with van der Waals surface area (Å²) in [5.41, 5.74) is 6.36. The lowest BCUT2D eigenvalue weighted by atomic mass is 9.74. The molecule has 0 radical (unpaired) electrons. The number of hydrogen-bond acceptors (Lipinski definition) is 1. The van der Waals surface area contributed by atoms with E-state index in [2.05, 4.69) is 88.2 Å². The van der Waals surface area contributed by atoms with Gasteiger partial charge in [-0.2, -0.15) is 0 Å². The first kappa shape index (κ1) is 18.2. The van der Waals surface area contributed by atoms with Crippen molar-refractivity contribution in [3.63, 3.8) is 0 Å². The highest BCUT2D eigenvalue weighted by molar-refractivity contribution is 5.78. The number of aromatic nitrogens is 1. The van der Waals surface area contributed by atoms with E-state index in [0.29, 0.717) is 0 Å². The Bertz CT molecular complexity index is 719. The molecule has 126 valence electrons. The predicted octanol–water partition coefficient (Wildman–Crippen LogP) is 6.81. The molecule has 0 aliphatic heterocycles. The number of benzene rings is 1. The van der Waals surface area contributed by atoms with Gasteiger partial charge in [0.15, 0.2) is 0 Å². The molecule has 24 heavy (non-hydrogen) atoms. The normalized spacial score (nSPS) is 12.8. The summed E-state index contributed by atoms with van der Waals surface area (Å²) in [4.78, 5) is 4.63. The van der Waals surface area contributed by atoms with E-state index in [1.54, 1.807) is 0 Å². The van der Waals surface area contributed by atoms with Gasteiger partial charge in [0.25, 0.3) is 0 Å². The van der Waals surface area contributed by atoms with Crippen LogP contribution in [0.2, 0.25) is 0 Å². The van der Waals surface area contributed by atoms with E-state index in [4.69, 9.17) is 0 Å². The molecule has 0 fully saturated rings.